The van der Waals surface area contributed by atoms with Crippen LogP contribution in [0.15, 0.2) is 59.2 Å². The highest BCUT2D eigenvalue weighted by atomic mass is 35.5. The SMILES string of the molecule is O=C1NC(c2ccccc2)=N/C1=C/c1ccc(Cl)cc1Cl. The predicted molar refractivity (Wildman–Crippen MR) is 85.6 cm³/mol. The number of carbonyl (C=O) groups excluding carboxylic acids is 1. The van der Waals surface area contributed by atoms with Gasteiger partial charge in [-0.25, -0.2) is 4.99 Å². The molecule has 0 saturated heterocycles. The molecule has 3 nitrogen and oxygen atoms in total. The van der Waals surface area contributed by atoms with E-state index in [4.69, 9.17) is 23.2 Å². The highest BCUT2D eigenvalue weighted by Gasteiger charge is 2.21. The largest absolute Gasteiger partial charge is 0.305 e. The van der Waals surface area contributed by atoms with Gasteiger partial charge in [0.15, 0.2) is 0 Å². The first-order valence-electron chi connectivity index (χ1n) is 6.26. The lowest BCUT2D eigenvalue weighted by Crippen LogP contribution is -2.24. The Morgan fingerprint density at radius 2 is 1.81 bits per heavy atom. The lowest BCUT2D eigenvalue weighted by Gasteiger charge is -1.99. The molecule has 0 aliphatic carbocycles. The van der Waals surface area contributed by atoms with Crippen molar-refractivity contribution in [1.82, 2.24) is 5.32 Å². The molecule has 0 saturated carbocycles. The summed E-state index contributed by atoms with van der Waals surface area (Å²) in [6.07, 6.45) is 1.64. The van der Waals surface area contributed by atoms with Crippen molar-refractivity contribution in [2.24, 2.45) is 4.99 Å². The van der Waals surface area contributed by atoms with E-state index in [0.717, 1.165) is 5.56 Å². The van der Waals surface area contributed by atoms with Crippen LogP contribution in [0.3, 0.4) is 0 Å². The van der Waals surface area contributed by atoms with Crippen molar-refractivity contribution in [3.63, 3.8) is 0 Å². The Balaban J connectivity index is 1.97. The molecule has 0 unspecified atom stereocenters. The quantitative estimate of drug-likeness (QED) is 0.838. The third-order valence-corrected chi connectivity index (χ3v) is 3.56. The van der Waals surface area contributed by atoms with E-state index in [0.29, 0.717) is 27.1 Å². The van der Waals surface area contributed by atoms with Gasteiger partial charge in [-0.15, -0.1) is 0 Å². The summed E-state index contributed by atoms with van der Waals surface area (Å²) >= 11 is 12.0. The van der Waals surface area contributed by atoms with Crippen LogP contribution in [-0.2, 0) is 4.79 Å². The van der Waals surface area contributed by atoms with Crippen LogP contribution >= 0.6 is 23.2 Å². The molecular weight excluding hydrogens is 307 g/mol. The van der Waals surface area contributed by atoms with Crippen LogP contribution in [-0.4, -0.2) is 11.7 Å². The Labute approximate surface area is 131 Å². The Bertz CT molecular complexity index is 767. The fourth-order valence-electron chi connectivity index (χ4n) is 1.97. The smallest absolute Gasteiger partial charge is 0.275 e. The maximum Gasteiger partial charge on any atom is 0.275 e. The first kappa shape index (κ1) is 13.9. The molecule has 2 aromatic carbocycles. The average molecular weight is 317 g/mol. The van der Waals surface area contributed by atoms with Crippen LogP contribution in [0.5, 0.6) is 0 Å². The zero-order valence-corrected chi connectivity index (χ0v) is 12.3. The average Bonchev–Trinajstić information content (AvgIpc) is 2.84. The lowest BCUT2D eigenvalue weighted by molar-refractivity contribution is -0.115. The van der Waals surface area contributed by atoms with Gasteiger partial charge >= 0.3 is 0 Å². The summed E-state index contributed by atoms with van der Waals surface area (Å²) in [5.74, 6) is 0.289. The number of nitrogens with zero attached hydrogens (tertiary/aromatic N) is 1. The minimum Gasteiger partial charge on any atom is -0.305 e. The van der Waals surface area contributed by atoms with Crippen molar-refractivity contribution in [1.29, 1.82) is 0 Å². The minimum atomic E-state index is -0.250. The molecule has 0 atom stereocenters. The van der Waals surface area contributed by atoms with Crippen LogP contribution in [0.25, 0.3) is 6.08 Å². The second kappa shape index (κ2) is 5.72. The Morgan fingerprint density at radius 1 is 1.05 bits per heavy atom. The zero-order valence-electron chi connectivity index (χ0n) is 10.8. The van der Waals surface area contributed by atoms with Crippen LogP contribution < -0.4 is 5.32 Å². The van der Waals surface area contributed by atoms with Crippen molar-refractivity contribution < 1.29 is 4.79 Å². The highest BCUT2D eigenvalue weighted by molar-refractivity contribution is 6.35. The number of hydrogen-bond donors (Lipinski definition) is 1. The van der Waals surface area contributed by atoms with Crippen LogP contribution in [0.2, 0.25) is 10.0 Å². The number of carbonyl (C=O) groups is 1. The minimum absolute atomic E-state index is 0.250. The van der Waals surface area contributed by atoms with E-state index >= 15 is 0 Å². The maximum atomic E-state index is 12.0. The first-order valence-corrected chi connectivity index (χ1v) is 7.01. The normalized spacial score (nSPS) is 16.0. The molecule has 3 rings (SSSR count). The molecule has 1 N–H and O–H groups in total. The third-order valence-electron chi connectivity index (χ3n) is 3.00. The summed E-state index contributed by atoms with van der Waals surface area (Å²) in [4.78, 5) is 16.3. The molecule has 21 heavy (non-hydrogen) atoms. The standard InChI is InChI=1S/C16H10Cl2N2O/c17-12-7-6-11(13(18)9-12)8-14-16(21)20-15(19-14)10-4-2-1-3-5-10/h1-9H,(H,19,20,21)/b14-8+. The molecule has 1 amide bonds. The number of nitrogens with one attached hydrogen (secondary N) is 1. The molecular formula is C16H10Cl2N2O. The fraction of sp³-hybridized carbons (Fsp3) is 0. The van der Waals surface area contributed by atoms with E-state index in [1.54, 1.807) is 24.3 Å². The molecule has 5 heteroatoms. The summed E-state index contributed by atoms with van der Waals surface area (Å²) in [5.41, 5.74) is 1.87. The monoisotopic (exact) mass is 316 g/mol. The van der Waals surface area contributed by atoms with E-state index in [2.05, 4.69) is 10.3 Å². The molecule has 0 fully saturated rings. The van der Waals surface area contributed by atoms with Gasteiger partial charge in [0.2, 0.25) is 0 Å². The molecule has 1 aliphatic rings. The maximum absolute atomic E-state index is 12.0. The summed E-state index contributed by atoms with van der Waals surface area (Å²) in [6.45, 7) is 0. The number of aliphatic imine (C=N–C) groups is 1. The summed E-state index contributed by atoms with van der Waals surface area (Å²) in [6, 6.07) is 14.6. The van der Waals surface area contributed by atoms with E-state index < -0.39 is 0 Å². The van der Waals surface area contributed by atoms with Gasteiger partial charge in [-0.2, -0.15) is 0 Å². The topological polar surface area (TPSA) is 41.5 Å². The van der Waals surface area contributed by atoms with Crippen molar-refractivity contribution >= 4 is 41.0 Å². The van der Waals surface area contributed by atoms with Gasteiger partial charge in [-0.3, -0.25) is 4.79 Å². The fourth-order valence-corrected chi connectivity index (χ4v) is 2.43. The Morgan fingerprint density at radius 3 is 2.52 bits per heavy atom. The van der Waals surface area contributed by atoms with E-state index in [1.807, 2.05) is 30.3 Å². The summed E-state index contributed by atoms with van der Waals surface area (Å²) in [7, 11) is 0. The number of rotatable bonds is 2. The van der Waals surface area contributed by atoms with Gasteiger partial charge in [-0.1, -0.05) is 59.6 Å². The van der Waals surface area contributed by atoms with E-state index in [9.17, 15) is 4.79 Å². The van der Waals surface area contributed by atoms with Gasteiger partial charge in [0.25, 0.3) is 5.91 Å². The predicted octanol–water partition coefficient (Wildman–Crippen LogP) is 3.91. The van der Waals surface area contributed by atoms with E-state index in [1.165, 1.54) is 0 Å². The van der Waals surface area contributed by atoms with E-state index in [-0.39, 0.29) is 5.91 Å². The molecule has 1 heterocycles. The summed E-state index contributed by atoms with van der Waals surface area (Å²) < 4.78 is 0. The van der Waals surface area contributed by atoms with Gasteiger partial charge in [-0.05, 0) is 23.8 Å². The lowest BCUT2D eigenvalue weighted by atomic mass is 10.2. The number of benzene rings is 2. The Hall–Kier alpha value is -2.10. The number of hydrogen-bond acceptors (Lipinski definition) is 2. The van der Waals surface area contributed by atoms with Crippen molar-refractivity contribution in [2.75, 3.05) is 0 Å². The number of halogens is 2. The van der Waals surface area contributed by atoms with Gasteiger partial charge in [0.05, 0.1) is 0 Å². The number of amides is 1. The van der Waals surface area contributed by atoms with Gasteiger partial charge in [0.1, 0.15) is 11.5 Å². The molecule has 0 bridgehead atoms. The van der Waals surface area contributed by atoms with Crippen LogP contribution in [0.1, 0.15) is 11.1 Å². The summed E-state index contributed by atoms with van der Waals surface area (Å²) in [5, 5.41) is 3.77. The molecule has 0 spiro atoms. The van der Waals surface area contributed by atoms with Crippen LogP contribution in [0.4, 0.5) is 0 Å². The van der Waals surface area contributed by atoms with Gasteiger partial charge < -0.3 is 5.32 Å². The molecule has 0 aromatic heterocycles. The molecule has 1 aliphatic heterocycles. The number of amidine groups is 1. The second-order valence-corrected chi connectivity index (χ2v) is 5.32. The van der Waals surface area contributed by atoms with Gasteiger partial charge in [0, 0.05) is 15.6 Å². The first-order chi connectivity index (χ1) is 10.1. The third kappa shape index (κ3) is 2.99. The second-order valence-electron chi connectivity index (χ2n) is 4.48. The Kier molecular flexibility index (Phi) is 3.78. The van der Waals surface area contributed by atoms with Crippen LogP contribution in [0, 0.1) is 0 Å². The van der Waals surface area contributed by atoms with Crippen molar-refractivity contribution in [2.45, 2.75) is 0 Å². The molecule has 0 radical (unpaired) electrons. The zero-order chi connectivity index (χ0) is 14.8. The molecule has 104 valence electrons. The highest BCUT2D eigenvalue weighted by Crippen LogP contribution is 2.24. The van der Waals surface area contributed by atoms with Crippen molar-refractivity contribution in [3.8, 4) is 0 Å². The van der Waals surface area contributed by atoms with Crippen molar-refractivity contribution in [3.05, 3.63) is 75.4 Å². The molecule has 2 aromatic rings.